The third-order valence-electron chi connectivity index (χ3n) is 10.0. The van der Waals surface area contributed by atoms with Crippen molar-refractivity contribution in [2.75, 3.05) is 11.5 Å². The quantitative estimate of drug-likeness (QED) is 0.227. The Balaban J connectivity index is 1.71. The third kappa shape index (κ3) is 4.15. The Morgan fingerprint density at radius 1 is 1.31 bits per heavy atom. The van der Waals surface area contributed by atoms with Crippen LogP contribution in [0.2, 0.25) is 0 Å². The number of carbonyl (C=O) groups is 2. The van der Waals surface area contributed by atoms with E-state index in [4.69, 9.17) is 10.5 Å². The molecule has 0 unspecified atom stereocenters. The van der Waals surface area contributed by atoms with Gasteiger partial charge in [-0.2, -0.15) is 0 Å². The Bertz CT molecular complexity index is 997. The lowest BCUT2D eigenvalue weighted by Gasteiger charge is -2.62. The van der Waals surface area contributed by atoms with Crippen LogP contribution in [0.15, 0.2) is 41.8 Å². The highest BCUT2D eigenvalue weighted by molar-refractivity contribution is 8.00. The second-order valence-electron chi connectivity index (χ2n) is 11.6. The minimum absolute atomic E-state index is 0.0158. The van der Waals surface area contributed by atoms with Crippen molar-refractivity contribution in [2.45, 2.75) is 83.3 Å². The summed E-state index contributed by atoms with van der Waals surface area (Å²) in [6, 6.07) is 7.48. The van der Waals surface area contributed by atoms with Gasteiger partial charge in [-0.15, -0.1) is 18.3 Å². The van der Waals surface area contributed by atoms with Crippen LogP contribution in [0.5, 0.6) is 0 Å². The van der Waals surface area contributed by atoms with Crippen LogP contribution >= 0.6 is 11.8 Å². The van der Waals surface area contributed by atoms with Gasteiger partial charge in [-0.25, -0.2) is 0 Å². The number of esters is 1. The monoisotopic (exact) mass is 499 g/mol. The molecule has 5 nitrogen and oxygen atoms in total. The highest BCUT2D eigenvalue weighted by Gasteiger charge is 2.68. The molecular formula is C29H41NO4S. The predicted octanol–water partition coefficient (Wildman–Crippen LogP) is 5.66. The second kappa shape index (κ2) is 9.59. The van der Waals surface area contributed by atoms with Gasteiger partial charge in [0.1, 0.15) is 11.9 Å². The normalized spacial score (nSPS) is 40.9. The first-order chi connectivity index (χ1) is 16.5. The standard InChI is InChI=1S/C29H41NO4S/c1-6-19-26(33)27(4,7-2)16-23(34-24(32)17-35-22-11-9-8-10-20(22)30)28(5)18(3)12-14-29(19)15-13-21(31)25(28)29/h7-11,18-19,23,25-26,33H,2,6,12-17,30H2,1,3-5H3/t18-,19+,23-,25+,26+,27-,28+,29+/m1/s1. The van der Waals surface area contributed by atoms with E-state index in [2.05, 4.69) is 27.4 Å². The Labute approximate surface area is 214 Å². The summed E-state index contributed by atoms with van der Waals surface area (Å²) >= 11 is 1.37. The number of rotatable bonds is 6. The molecule has 1 aromatic carbocycles. The number of nitrogen functional groups attached to an aromatic ring is 1. The van der Waals surface area contributed by atoms with Gasteiger partial charge in [-0.3, -0.25) is 9.59 Å². The number of ketones is 1. The molecule has 3 N–H and O–H groups in total. The summed E-state index contributed by atoms with van der Waals surface area (Å²) in [6.07, 6.45) is 5.26. The van der Waals surface area contributed by atoms with E-state index in [0.29, 0.717) is 18.5 Å². The number of thioether (sulfide) groups is 1. The van der Waals surface area contributed by atoms with Gasteiger partial charge in [0.15, 0.2) is 0 Å². The molecule has 1 aromatic rings. The lowest BCUT2D eigenvalue weighted by Crippen LogP contribution is -2.63. The topological polar surface area (TPSA) is 89.6 Å². The summed E-state index contributed by atoms with van der Waals surface area (Å²) in [5.41, 5.74) is 5.33. The predicted molar refractivity (Wildman–Crippen MR) is 141 cm³/mol. The molecule has 0 saturated heterocycles. The van der Waals surface area contributed by atoms with E-state index in [9.17, 15) is 14.7 Å². The van der Waals surface area contributed by atoms with Gasteiger partial charge < -0.3 is 15.6 Å². The zero-order chi connectivity index (χ0) is 25.6. The third-order valence-corrected chi connectivity index (χ3v) is 11.1. The SMILES string of the molecule is C=C[C@]1(C)C[C@@H](OC(=O)CSc2ccccc2N)[C@]2(C)[C@H](C)CC[C@]3(CCC(=O)[C@H]32)[C@@H](CC)[C@@H]1O. The van der Waals surface area contributed by atoms with E-state index in [0.717, 1.165) is 30.6 Å². The molecule has 6 heteroatoms. The molecule has 0 aromatic heterocycles. The Kier molecular flexibility index (Phi) is 7.20. The van der Waals surface area contributed by atoms with Crippen LogP contribution in [-0.2, 0) is 14.3 Å². The number of carbonyl (C=O) groups excluding carboxylic acids is 2. The van der Waals surface area contributed by atoms with Crippen molar-refractivity contribution in [3.63, 3.8) is 0 Å². The van der Waals surface area contributed by atoms with Gasteiger partial charge in [0.05, 0.1) is 11.9 Å². The lowest BCUT2D eigenvalue weighted by atomic mass is 9.43. The summed E-state index contributed by atoms with van der Waals surface area (Å²) in [5, 5.41) is 11.8. The smallest absolute Gasteiger partial charge is 0.316 e. The number of nitrogens with two attached hydrogens (primary N) is 1. The van der Waals surface area contributed by atoms with E-state index in [-0.39, 0.29) is 40.7 Å². The minimum Gasteiger partial charge on any atom is -0.461 e. The number of hydrogen-bond donors (Lipinski definition) is 2. The van der Waals surface area contributed by atoms with Crippen molar-refractivity contribution in [1.82, 2.24) is 0 Å². The number of benzene rings is 1. The van der Waals surface area contributed by atoms with Gasteiger partial charge >= 0.3 is 5.97 Å². The van der Waals surface area contributed by atoms with E-state index >= 15 is 0 Å². The van der Waals surface area contributed by atoms with Gasteiger partial charge in [-0.1, -0.05) is 52.3 Å². The van der Waals surface area contributed by atoms with E-state index in [1.807, 2.05) is 37.3 Å². The molecule has 192 valence electrons. The number of hydrogen-bond acceptors (Lipinski definition) is 6. The van der Waals surface area contributed by atoms with Crippen molar-refractivity contribution < 1.29 is 19.4 Å². The molecule has 0 heterocycles. The van der Waals surface area contributed by atoms with Crippen LogP contribution in [0, 0.1) is 34.0 Å². The van der Waals surface area contributed by atoms with Crippen molar-refractivity contribution in [3.05, 3.63) is 36.9 Å². The molecule has 2 bridgehead atoms. The maximum Gasteiger partial charge on any atom is 0.316 e. The molecule has 0 aliphatic heterocycles. The van der Waals surface area contributed by atoms with Crippen LogP contribution in [0.25, 0.3) is 0 Å². The van der Waals surface area contributed by atoms with Gasteiger partial charge in [0.25, 0.3) is 0 Å². The Morgan fingerprint density at radius 3 is 2.69 bits per heavy atom. The fraction of sp³-hybridized carbons (Fsp3) is 0.655. The largest absolute Gasteiger partial charge is 0.461 e. The van der Waals surface area contributed by atoms with Gasteiger partial charge in [0, 0.05) is 33.8 Å². The molecule has 0 radical (unpaired) electrons. The minimum atomic E-state index is -0.643. The second-order valence-corrected chi connectivity index (χ2v) is 12.6. The highest BCUT2D eigenvalue weighted by Crippen LogP contribution is 2.68. The fourth-order valence-corrected chi connectivity index (χ4v) is 8.58. The first-order valence-electron chi connectivity index (χ1n) is 13.0. The number of anilines is 1. The molecule has 35 heavy (non-hydrogen) atoms. The Morgan fingerprint density at radius 2 is 2.03 bits per heavy atom. The molecule has 8 atom stereocenters. The molecule has 3 aliphatic rings. The van der Waals surface area contributed by atoms with Crippen LogP contribution in [0.1, 0.15) is 66.2 Å². The fourth-order valence-electron chi connectivity index (χ4n) is 7.83. The summed E-state index contributed by atoms with van der Waals surface area (Å²) < 4.78 is 6.30. The summed E-state index contributed by atoms with van der Waals surface area (Å²) in [4.78, 5) is 27.6. The Hall–Kier alpha value is -1.79. The number of aliphatic hydroxyl groups is 1. The molecule has 0 amide bonds. The molecule has 0 spiro atoms. The van der Waals surface area contributed by atoms with Crippen LogP contribution in [0.3, 0.4) is 0 Å². The molecular weight excluding hydrogens is 458 g/mol. The number of ether oxygens (including phenoxy) is 1. The maximum atomic E-state index is 13.6. The van der Waals surface area contributed by atoms with Crippen molar-refractivity contribution in [2.24, 2.45) is 34.0 Å². The summed E-state index contributed by atoms with van der Waals surface area (Å²) in [6.45, 7) is 12.6. The molecule has 3 aliphatic carbocycles. The number of para-hydroxylation sites is 1. The highest BCUT2D eigenvalue weighted by atomic mass is 32.2. The van der Waals surface area contributed by atoms with E-state index in [1.165, 1.54) is 11.8 Å². The van der Waals surface area contributed by atoms with E-state index < -0.39 is 23.0 Å². The average Bonchev–Trinajstić information content (AvgIpc) is 3.18. The maximum absolute atomic E-state index is 13.6. The average molecular weight is 500 g/mol. The van der Waals surface area contributed by atoms with Gasteiger partial charge in [-0.05, 0) is 55.1 Å². The lowest BCUT2D eigenvalue weighted by molar-refractivity contribution is -0.207. The van der Waals surface area contributed by atoms with Crippen LogP contribution in [0.4, 0.5) is 5.69 Å². The zero-order valence-corrected chi connectivity index (χ0v) is 22.4. The van der Waals surface area contributed by atoms with Crippen molar-refractivity contribution in [1.29, 1.82) is 0 Å². The van der Waals surface area contributed by atoms with Crippen molar-refractivity contribution >= 4 is 29.2 Å². The number of Topliss-reactive ketones (excluding diaryl/α,β-unsaturated/α-hetero) is 1. The molecule has 4 rings (SSSR count). The first kappa shape index (κ1) is 26.3. The molecule has 3 fully saturated rings. The van der Waals surface area contributed by atoms with Gasteiger partial charge in [0.2, 0.25) is 0 Å². The number of aliphatic hydroxyl groups excluding tert-OH is 1. The summed E-state index contributed by atoms with van der Waals surface area (Å²) in [5.74, 6) is 0.139. The van der Waals surface area contributed by atoms with Crippen molar-refractivity contribution in [3.8, 4) is 0 Å². The van der Waals surface area contributed by atoms with E-state index in [1.54, 1.807) is 0 Å². The summed E-state index contributed by atoms with van der Waals surface area (Å²) in [7, 11) is 0. The van der Waals surface area contributed by atoms with Crippen LogP contribution in [-0.4, -0.2) is 34.8 Å². The molecule has 3 saturated carbocycles. The first-order valence-corrected chi connectivity index (χ1v) is 14.0. The van der Waals surface area contributed by atoms with Crippen LogP contribution < -0.4 is 5.73 Å². The zero-order valence-electron chi connectivity index (χ0n) is 21.6.